The summed E-state index contributed by atoms with van der Waals surface area (Å²) in [7, 11) is 0. The Balaban J connectivity index is 1.53. The Morgan fingerprint density at radius 1 is 1.04 bits per heavy atom. The van der Waals surface area contributed by atoms with Crippen LogP contribution in [0.5, 0.6) is 0 Å². The van der Waals surface area contributed by atoms with E-state index < -0.39 is 0 Å². The second-order valence-electron chi connectivity index (χ2n) is 6.29. The van der Waals surface area contributed by atoms with Gasteiger partial charge in [-0.05, 0) is 42.3 Å². The minimum absolute atomic E-state index is 0.133. The third-order valence-electron chi connectivity index (χ3n) is 4.18. The van der Waals surface area contributed by atoms with Crippen LogP contribution in [-0.2, 0) is 17.9 Å². The molecule has 0 aliphatic carbocycles. The van der Waals surface area contributed by atoms with Gasteiger partial charge in [0.2, 0.25) is 5.91 Å². The van der Waals surface area contributed by atoms with Crippen molar-refractivity contribution in [3.63, 3.8) is 0 Å². The summed E-state index contributed by atoms with van der Waals surface area (Å²) in [6.45, 7) is 0.674. The van der Waals surface area contributed by atoms with Crippen LogP contribution in [0.1, 0.15) is 18.4 Å². The van der Waals surface area contributed by atoms with Gasteiger partial charge in [0.1, 0.15) is 5.82 Å². The van der Waals surface area contributed by atoms with Gasteiger partial charge in [0.25, 0.3) is 5.56 Å². The van der Waals surface area contributed by atoms with Crippen LogP contribution in [0.4, 0.5) is 4.39 Å². The molecule has 0 atom stereocenters. The third-order valence-corrected chi connectivity index (χ3v) is 4.44. The van der Waals surface area contributed by atoms with Gasteiger partial charge >= 0.3 is 0 Å². The topological polar surface area (TPSA) is 64.0 Å². The summed E-state index contributed by atoms with van der Waals surface area (Å²) < 4.78 is 14.2. The van der Waals surface area contributed by atoms with E-state index in [4.69, 9.17) is 11.6 Å². The minimum atomic E-state index is -0.311. The molecule has 0 bridgehead atoms. The Kier molecular flexibility index (Phi) is 6.55. The fourth-order valence-corrected chi connectivity index (χ4v) is 2.79. The van der Waals surface area contributed by atoms with Crippen molar-refractivity contribution in [2.24, 2.45) is 0 Å². The first-order valence-electron chi connectivity index (χ1n) is 8.86. The van der Waals surface area contributed by atoms with Crippen molar-refractivity contribution in [2.45, 2.75) is 25.9 Å². The lowest BCUT2D eigenvalue weighted by Crippen LogP contribution is -2.25. The molecule has 0 aliphatic heterocycles. The lowest BCUT2D eigenvalue weighted by Gasteiger charge is -2.08. The summed E-state index contributed by atoms with van der Waals surface area (Å²) in [5.74, 6) is -0.444. The summed E-state index contributed by atoms with van der Waals surface area (Å²) in [4.78, 5) is 24.0. The molecule has 144 valence electrons. The summed E-state index contributed by atoms with van der Waals surface area (Å²) in [6.07, 6.45) is 0.743. The average Bonchev–Trinajstić information content (AvgIpc) is 2.70. The molecule has 5 nitrogen and oxygen atoms in total. The fourth-order valence-electron chi connectivity index (χ4n) is 2.66. The number of amides is 1. The molecule has 3 rings (SSSR count). The second kappa shape index (κ2) is 9.28. The molecular formula is C21H19ClFN3O2. The summed E-state index contributed by atoms with van der Waals surface area (Å²) in [5, 5.41) is 7.77. The highest BCUT2D eigenvalue weighted by molar-refractivity contribution is 6.30. The fraction of sp³-hybridized carbons (Fsp3) is 0.190. The highest BCUT2D eigenvalue weighted by Gasteiger charge is 2.06. The molecule has 0 fully saturated rings. The maximum Gasteiger partial charge on any atom is 0.266 e. The first-order chi connectivity index (χ1) is 13.5. The number of carbonyl (C=O) groups excluding carboxylic acids is 1. The maximum absolute atomic E-state index is 12.9. The normalized spacial score (nSPS) is 10.6. The van der Waals surface area contributed by atoms with Gasteiger partial charge in [-0.15, -0.1) is 0 Å². The van der Waals surface area contributed by atoms with Crippen LogP contribution >= 0.6 is 11.6 Å². The summed E-state index contributed by atoms with van der Waals surface area (Å²) in [6, 6.07) is 16.3. The van der Waals surface area contributed by atoms with E-state index in [1.165, 1.54) is 22.9 Å². The first-order valence-corrected chi connectivity index (χ1v) is 9.24. The predicted molar refractivity (Wildman–Crippen MR) is 106 cm³/mol. The van der Waals surface area contributed by atoms with E-state index >= 15 is 0 Å². The number of hydrogen-bond donors (Lipinski definition) is 1. The zero-order valence-corrected chi connectivity index (χ0v) is 15.8. The number of aryl methyl sites for hydroxylation is 1. The van der Waals surface area contributed by atoms with E-state index in [0.29, 0.717) is 30.2 Å². The Labute approximate surface area is 166 Å². The van der Waals surface area contributed by atoms with E-state index in [1.54, 1.807) is 30.3 Å². The molecule has 0 saturated carbocycles. The van der Waals surface area contributed by atoms with Crippen molar-refractivity contribution in [2.75, 3.05) is 0 Å². The molecule has 1 heterocycles. The zero-order valence-electron chi connectivity index (χ0n) is 15.1. The van der Waals surface area contributed by atoms with E-state index in [9.17, 15) is 14.0 Å². The molecule has 0 spiro atoms. The molecule has 1 amide bonds. The van der Waals surface area contributed by atoms with Crippen LogP contribution in [0.15, 0.2) is 65.5 Å². The van der Waals surface area contributed by atoms with Crippen LogP contribution in [0.3, 0.4) is 0 Å². The molecule has 1 N–H and O–H groups in total. The Morgan fingerprint density at radius 3 is 2.46 bits per heavy atom. The summed E-state index contributed by atoms with van der Waals surface area (Å²) >= 11 is 5.90. The van der Waals surface area contributed by atoms with Crippen molar-refractivity contribution in [1.29, 1.82) is 0 Å². The van der Waals surface area contributed by atoms with Crippen LogP contribution < -0.4 is 10.9 Å². The molecule has 0 radical (unpaired) electrons. The quantitative estimate of drug-likeness (QED) is 0.657. The van der Waals surface area contributed by atoms with Crippen LogP contribution in [0.2, 0.25) is 5.02 Å². The van der Waals surface area contributed by atoms with Crippen molar-refractivity contribution in [3.05, 3.63) is 87.4 Å². The maximum atomic E-state index is 12.9. The van der Waals surface area contributed by atoms with Gasteiger partial charge in [-0.2, -0.15) is 5.10 Å². The van der Waals surface area contributed by atoms with Crippen LogP contribution in [0, 0.1) is 5.82 Å². The van der Waals surface area contributed by atoms with Crippen molar-refractivity contribution in [3.8, 4) is 11.3 Å². The molecule has 0 saturated heterocycles. The number of halogens is 2. The standard InChI is InChI=1S/C21H19ClFN3O2/c22-17-7-5-16(6-8-17)19-11-12-21(28)26(25-19)13-1-2-20(27)24-14-15-3-9-18(23)10-4-15/h3-12H,1-2,13-14H2,(H,24,27). The highest BCUT2D eigenvalue weighted by atomic mass is 35.5. The third kappa shape index (κ3) is 5.50. The van der Waals surface area contributed by atoms with Gasteiger partial charge < -0.3 is 5.32 Å². The van der Waals surface area contributed by atoms with Gasteiger partial charge in [-0.1, -0.05) is 35.9 Å². The lowest BCUT2D eigenvalue weighted by molar-refractivity contribution is -0.121. The van der Waals surface area contributed by atoms with Gasteiger partial charge in [-0.25, -0.2) is 9.07 Å². The number of aromatic nitrogens is 2. The van der Waals surface area contributed by atoms with E-state index in [2.05, 4.69) is 10.4 Å². The van der Waals surface area contributed by atoms with E-state index in [1.807, 2.05) is 12.1 Å². The van der Waals surface area contributed by atoms with Crippen molar-refractivity contribution >= 4 is 17.5 Å². The van der Waals surface area contributed by atoms with Crippen molar-refractivity contribution < 1.29 is 9.18 Å². The molecular weight excluding hydrogens is 381 g/mol. The molecule has 3 aromatic rings. The monoisotopic (exact) mass is 399 g/mol. The molecule has 0 aliphatic rings. The lowest BCUT2D eigenvalue weighted by atomic mass is 10.1. The Bertz CT molecular complexity index is 1000. The highest BCUT2D eigenvalue weighted by Crippen LogP contribution is 2.18. The summed E-state index contributed by atoms with van der Waals surface area (Å²) in [5.41, 5.74) is 2.12. The van der Waals surface area contributed by atoms with Gasteiger partial charge in [0.05, 0.1) is 5.69 Å². The molecule has 7 heteroatoms. The second-order valence-corrected chi connectivity index (χ2v) is 6.73. The van der Waals surface area contributed by atoms with Gasteiger partial charge in [0, 0.05) is 36.2 Å². The minimum Gasteiger partial charge on any atom is -0.352 e. The van der Waals surface area contributed by atoms with Gasteiger partial charge in [0.15, 0.2) is 0 Å². The SMILES string of the molecule is O=C(CCCn1nc(-c2ccc(Cl)cc2)ccc1=O)NCc1ccc(F)cc1. The number of nitrogens with zero attached hydrogens (tertiary/aromatic N) is 2. The van der Waals surface area contributed by atoms with E-state index in [-0.39, 0.29) is 23.7 Å². The number of rotatable bonds is 7. The smallest absolute Gasteiger partial charge is 0.266 e. The van der Waals surface area contributed by atoms with Crippen LogP contribution in [0.25, 0.3) is 11.3 Å². The molecule has 28 heavy (non-hydrogen) atoms. The number of carbonyl (C=O) groups is 1. The van der Waals surface area contributed by atoms with Crippen LogP contribution in [-0.4, -0.2) is 15.7 Å². The molecule has 0 unspecified atom stereocenters. The number of hydrogen-bond acceptors (Lipinski definition) is 3. The first kappa shape index (κ1) is 19.8. The Hall–Kier alpha value is -2.99. The Morgan fingerprint density at radius 2 is 1.75 bits per heavy atom. The average molecular weight is 400 g/mol. The zero-order chi connectivity index (χ0) is 19.9. The van der Waals surface area contributed by atoms with E-state index in [0.717, 1.165) is 11.1 Å². The largest absolute Gasteiger partial charge is 0.352 e. The van der Waals surface area contributed by atoms with Crippen molar-refractivity contribution in [1.82, 2.24) is 15.1 Å². The molecule has 2 aromatic carbocycles. The molecule has 1 aromatic heterocycles. The predicted octanol–water partition coefficient (Wildman–Crippen LogP) is 3.80. The number of benzene rings is 2. The number of nitrogens with one attached hydrogen (secondary N) is 1. The van der Waals surface area contributed by atoms with Gasteiger partial charge in [-0.3, -0.25) is 9.59 Å².